The first-order valence-corrected chi connectivity index (χ1v) is 14.5. The molecular formula is C27H31ClF3N3O5S. The maximum atomic E-state index is 14.2. The summed E-state index contributed by atoms with van der Waals surface area (Å²) in [4.78, 5) is 27.3. The van der Waals surface area contributed by atoms with Gasteiger partial charge in [0.2, 0.25) is 0 Å². The van der Waals surface area contributed by atoms with Crippen LogP contribution in [0.4, 0.5) is 18.0 Å². The average Bonchev–Trinajstić information content (AvgIpc) is 2.90. The molecule has 2 N–H and O–H groups in total. The first-order valence-electron chi connectivity index (χ1n) is 12.5. The van der Waals surface area contributed by atoms with Crippen LogP contribution in [0.15, 0.2) is 41.8 Å². The van der Waals surface area contributed by atoms with Crippen LogP contribution >= 0.6 is 11.6 Å². The number of halogens is 4. The zero-order valence-electron chi connectivity index (χ0n) is 22.1. The Morgan fingerprint density at radius 3 is 2.58 bits per heavy atom. The van der Waals surface area contributed by atoms with Crippen molar-refractivity contribution in [2.45, 2.75) is 50.0 Å². The minimum absolute atomic E-state index is 0.0220. The van der Waals surface area contributed by atoms with E-state index < -0.39 is 33.6 Å². The minimum atomic E-state index is -4.79. The van der Waals surface area contributed by atoms with Gasteiger partial charge in [0, 0.05) is 43.3 Å². The van der Waals surface area contributed by atoms with E-state index in [-0.39, 0.29) is 63.6 Å². The Bertz CT molecular complexity index is 1400. The number of benzene rings is 2. The number of carbonyl (C=O) groups excluding carboxylic acids is 1. The van der Waals surface area contributed by atoms with Crippen molar-refractivity contribution in [1.29, 1.82) is 0 Å². The van der Waals surface area contributed by atoms with Crippen LogP contribution in [0.25, 0.3) is 6.08 Å². The fourth-order valence-electron chi connectivity index (χ4n) is 4.73. The first kappa shape index (κ1) is 31.4. The topological polar surface area (TPSA) is 107 Å². The molecule has 218 valence electrons. The fourth-order valence-corrected chi connectivity index (χ4v) is 6.04. The number of rotatable bonds is 9. The minimum Gasteiger partial charge on any atom is -0.465 e. The van der Waals surface area contributed by atoms with E-state index in [4.69, 9.17) is 11.6 Å². The van der Waals surface area contributed by atoms with Gasteiger partial charge in [-0.2, -0.15) is 13.2 Å². The van der Waals surface area contributed by atoms with E-state index in [2.05, 4.69) is 11.9 Å². The Balaban J connectivity index is 1.91. The van der Waals surface area contributed by atoms with E-state index in [0.717, 1.165) is 11.0 Å². The molecule has 2 aromatic carbocycles. The molecule has 1 aliphatic heterocycles. The summed E-state index contributed by atoms with van der Waals surface area (Å²) < 4.78 is 67.6. The van der Waals surface area contributed by atoms with Gasteiger partial charge in [-0.3, -0.25) is 9.69 Å². The van der Waals surface area contributed by atoms with E-state index in [0.29, 0.717) is 19.4 Å². The van der Waals surface area contributed by atoms with Crippen molar-refractivity contribution < 1.29 is 36.3 Å². The molecule has 13 heteroatoms. The highest BCUT2D eigenvalue weighted by atomic mass is 35.5. The second-order valence-corrected chi connectivity index (χ2v) is 12.2. The van der Waals surface area contributed by atoms with E-state index >= 15 is 0 Å². The largest absolute Gasteiger partial charge is 0.465 e. The van der Waals surface area contributed by atoms with Crippen molar-refractivity contribution in [2.75, 3.05) is 25.9 Å². The number of hydrogen-bond donors (Lipinski definition) is 2. The molecule has 8 nitrogen and oxygen atoms in total. The van der Waals surface area contributed by atoms with Crippen LogP contribution in [-0.4, -0.2) is 67.3 Å². The third-order valence-corrected chi connectivity index (χ3v) is 9.02. The van der Waals surface area contributed by atoms with Crippen LogP contribution in [0.2, 0.25) is 5.02 Å². The van der Waals surface area contributed by atoms with E-state index in [9.17, 15) is 36.3 Å². The van der Waals surface area contributed by atoms with Gasteiger partial charge < -0.3 is 15.3 Å². The lowest BCUT2D eigenvalue weighted by atomic mass is 9.94. The Kier molecular flexibility index (Phi) is 9.91. The molecule has 0 aliphatic carbocycles. The highest BCUT2D eigenvalue weighted by Crippen LogP contribution is 2.36. The van der Waals surface area contributed by atoms with Crippen LogP contribution < -0.4 is 5.32 Å². The van der Waals surface area contributed by atoms with Gasteiger partial charge in [-0.15, -0.1) is 0 Å². The predicted octanol–water partition coefficient (Wildman–Crippen LogP) is 5.30. The number of likely N-dealkylation sites (N-methyl/N-ethyl adjacent to an activating group) is 1. The summed E-state index contributed by atoms with van der Waals surface area (Å²) in [5.41, 5.74) is -1.00. The number of amides is 2. The molecule has 2 amide bonds. The molecule has 40 heavy (non-hydrogen) atoms. The number of likely N-dealkylation sites (tertiary alicyclic amines) is 1. The van der Waals surface area contributed by atoms with Crippen molar-refractivity contribution in [3.63, 3.8) is 0 Å². The van der Waals surface area contributed by atoms with Crippen LogP contribution in [0.3, 0.4) is 0 Å². The van der Waals surface area contributed by atoms with Gasteiger partial charge in [0.25, 0.3) is 5.91 Å². The second kappa shape index (κ2) is 12.6. The number of piperidine rings is 1. The van der Waals surface area contributed by atoms with Crippen molar-refractivity contribution in [3.8, 4) is 0 Å². The van der Waals surface area contributed by atoms with Gasteiger partial charge in [0.1, 0.15) is 0 Å². The highest BCUT2D eigenvalue weighted by molar-refractivity contribution is 7.91. The maximum absolute atomic E-state index is 14.2. The quantitative estimate of drug-likeness (QED) is 0.404. The zero-order valence-corrected chi connectivity index (χ0v) is 23.7. The Morgan fingerprint density at radius 1 is 1.27 bits per heavy atom. The summed E-state index contributed by atoms with van der Waals surface area (Å²) in [5.74, 6) is -1.01. The summed E-state index contributed by atoms with van der Waals surface area (Å²) in [6.07, 6.45) is -3.43. The van der Waals surface area contributed by atoms with Gasteiger partial charge in [-0.25, -0.2) is 13.2 Å². The monoisotopic (exact) mass is 601 g/mol. The van der Waals surface area contributed by atoms with Crippen molar-refractivity contribution >= 4 is 39.5 Å². The van der Waals surface area contributed by atoms with Gasteiger partial charge in [-0.1, -0.05) is 31.2 Å². The Morgan fingerprint density at radius 2 is 1.98 bits per heavy atom. The summed E-state index contributed by atoms with van der Waals surface area (Å²) >= 11 is 6.01. The molecule has 1 saturated heterocycles. The number of alkyl halides is 3. The molecule has 0 bridgehead atoms. The molecule has 0 saturated carbocycles. The average molecular weight is 602 g/mol. The summed E-state index contributed by atoms with van der Waals surface area (Å²) in [6, 6.07) is 5.84. The maximum Gasteiger partial charge on any atom is 0.416 e. The van der Waals surface area contributed by atoms with E-state index in [1.165, 1.54) is 44.3 Å². The summed E-state index contributed by atoms with van der Waals surface area (Å²) in [5, 5.41) is 12.0. The first-order chi connectivity index (χ1) is 18.7. The molecule has 0 unspecified atom stereocenters. The third kappa shape index (κ3) is 7.35. The lowest BCUT2D eigenvalue weighted by Crippen LogP contribution is -2.48. The molecule has 1 fully saturated rings. The highest BCUT2D eigenvalue weighted by Gasteiger charge is 2.36. The summed E-state index contributed by atoms with van der Waals surface area (Å²) in [7, 11) is -2.21. The molecule has 3 rings (SSSR count). The lowest BCUT2D eigenvalue weighted by molar-refractivity contribution is -0.138. The number of carboxylic acid groups (broad SMARTS) is 1. The molecule has 0 spiro atoms. The van der Waals surface area contributed by atoms with Gasteiger partial charge in [-0.05, 0) is 66.4 Å². The van der Waals surface area contributed by atoms with Gasteiger partial charge >= 0.3 is 12.3 Å². The Labute approximate surface area is 236 Å². The molecular weight excluding hydrogens is 571 g/mol. The normalized spacial score (nSPS) is 16.4. The van der Waals surface area contributed by atoms with E-state index in [1.54, 1.807) is 4.90 Å². The number of hydrogen-bond acceptors (Lipinski definition) is 5. The zero-order chi connectivity index (χ0) is 29.8. The predicted molar refractivity (Wildman–Crippen MR) is 146 cm³/mol. The van der Waals surface area contributed by atoms with Crippen molar-refractivity contribution in [3.05, 3.63) is 69.8 Å². The van der Waals surface area contributed by atoms with Crippen molar-refractivity contribution in [1.82, 2.24) is 15.1 Å². The molecule has 1 aliphatic rings. The fraction of sp³-hybridized carbons (Fsp3) is 0.407. The SMILES string of the molecule is C=Cc1cc(C(=O)NCc2cc(Cl)ccc2S(=O)(=O)CC)cc(C(F)(F)F)c1CN1CCC[C@H](N(C)C(=O)O)C1. The van der Waals surface area contributed by atoms with Crippen LogP contribution in [0.5, 0.6) is 0 Å². The van der Waals surface area contributed by atoms with Crippen molar-refractivity contribution in [2.24, 2.45) is 0 Å². The smallest absolute Gasteiger partial charge is 0.416 e. The summed E-state index contributed by atoms with van der Waals surface area (Å²) in [6.45, 7) is 5.49. The van der Waals surface area contributed by atoms with Gasteiger partial charge in [0.05, 0.1) is 16.2 Å². The molecule has 1 atom stereocenters. The lowest BCUT2D eigenvalue weighted by Gasteiger charge is -2.37. The van der Waals surface area contributed by atoms with Crippen LogP contribution in [0.1, 0.15) is 52.4 Å². The molecule has 2 aromatic rings. The molecule has 0 aromatic heterocycles. The van der Waals surface area contributed by atoms with Crippen LogP contribution in [0, 0.1) is 0 Å². The number of nitrogens with zero attached hydrogens (tertiary/aromatic N) is 2. The molecule has 1 heterocycles. The standard InChI is InChI=1S/C27H31ClF3N3O5S/c1-4-17-11-18(25(35)32-14-19-12-20(28)8-9-24(19)40(38,39)5-2)13-23(27(29,30)31)22(17)16-34-10-6-7-21(15-34)33(3)26(36)37/h4,8-9,11-13,21H,1,5-7,10,14-16H2,2-3H3,(H,32,35)(H,36,37)/t21-/m0/s1. The van der Waals surface area contributed by atoms with Gasteiger partial charge in [0.15, 0.2) is 9.84 Å². The van der Waals surface area contributed by atoms with E-state index in [1.807, 2.05) is 0 Å². The van der Waals surface area contributed by atoms with Crippen LogP contribution in [-0.2, 0) is 29.1 Å². The number of carbonyl (C=O) groups is 2. The second-order valence-electron chi connectivity index (χ2n) is 9.56. The number of nitrogens with one attached hydrogen (secondary N) is 1. The Hall–Kier alpha value is -3.09. The number of sulfone groups is 1. The third-order valence-electron chi connectivity index (χ3n) is 6.96. The molecule has 0 radical (unpaired) electrons.